The van der Waals surface area contributed by atoms with Crippen LogP contribution in [0.3, 0.4) is 0 Å². The molecule has 1 aromatic carbocycles. The third-order valence-electron chi connectivity index (χ3n) is 6.56. The number of halogens is 1. The summed E-state index contributed by atoms with van der Waals surface area (Å²) in [6.45, 7) is 5.61. The number of piperidine rings is 2. The molecule has 2 saturated heterocycles. The molecule has 0 atom stereocenters. The highest BCUT2D eigenvalue weighted by atomic mass is 79.9. The van der Waals surface area contributed by atoms with Crippen molar-refractivity contribution in [3.05, 3.63) is 28.2 Å². The third kappa shape index (κ3) is 6.69. The standard InChI is InChI=1S/C23H35BrN2O3/c1-28-17-23(27)26-13-8-18(9-14-26)5-10-25-11-6-19(7-12-25)15-20-16-21(29-2)3-4-22(20)24/h3-4,16,18-19H,5-15,17H2,1-2H3. The SMILES string of the molecule is COCC(=O)N1CCC(CCN2CCC(Cc3cc(OC)ccc3Br)CC2)CC1. The van der Waals surface area contributed by atoms with Crippen LogP contribution in [0.2, 0.25) is 0 Å². The van der Waals surface area contributed by atoms with Gasteiger partial charge in [-0.25, -0.2) is 0 Å². The second-order valence-electron chi connectivity index (χ2n) is 8.49. The smallest absolute Gasteiger partial charge is 0.248 e. The Kier molecular flexibility index (Phi) is 8.82. The molecule has 0 unspecified atom stereocenters. The number of nitrogens with zero attached hydrogens (tertiary/aromatic N) is 2. The maximum Gasteiger partial charge on any atom is 0.248 e. The van der Waals surface area contributed by atoms with Crippen molar-refractivity contribution < 1.29 is 14.3 Å². The zero-order chi connectivity index (χ0) is 20.6. The molecule has 2 fully saturated rings. The average Bonchev–Trinajstić information content (AvgIpc) is 2.75. The largest absolute Gasteiger partial charge is 0.497 e. The number of methoxy groups -OCH3 is 2. The number of carbonyl (C=O) groups is 1. The van der Waals surface area contributed by atoms with Gasteiger partial charge in [-0.3, -0.25) is 4.79 Å². The Morgan fingerprint density at radius 2 is 1.76 bits per heavy atom. The molecule has 0 aromatic heterocycles. The van der Waals surface area contributed by atoms with Gasteiger partial charge in [-0.1, -0.05) is 15.9 Å². The highest BCUT2D eigenvalue weighted by molar-refractivity contribution is 9.10. The number of likely N-dealkylation sites (tertiary alicyclic amines) is 2. The lowest BCUT2D eigenvalue weighted by Crippen LogP contribution is -2.41. The molecular weight excluding hydrogens is 432 g/mol. The fourth-order valence-electron chi connectivity index (χ4n) is 4.61. The predicted molar refractivity (Wildman–Crippen MR) is 119 cm³/mol. The van der Waals surface area contributed by atoms with Crippen LogP contribution >= 0.6 is 15.9 Å². The van der Waals surface area contributed by atoms with Gasteiger partial charge >= 0.3 is 0 Å². The normalized spacial score (nSPS) is 19.5. The second kappa shape index (κ2) is 11.3. The van der Waals surface area contributed by atoms with E-state index >= 15 is 0 Å². The quantitative estimate of drug-likeness (QED) is 0.580. The molecule has 3 rings (SSSR count). The topological polar surface area (TPSA) is 42.0 Å². The van der Waals surface area contributed by atoms with Gasteiger partial charge < -0.3 is 19.3 Å². The van der Waals surface area contributed by atoms with Crippen LogP contribution in [0.4, 0.5) is 0 Å². The summed E-state index contributed by atoms with van der Waals surface area (Å²) in [6, 6.07) is 6.27. The van der Waals surface area contributed by atoms with Crippen molar-refractivity contribution in [3.8, 4) is 5.75 Å². The molecule has 162 valence electrons. The van der Waals surface area contributed by atoms with E-state index in [1.807, 2.05) is 11.0 Å². The van der Waals surface area contributed by atoms with Crippen LogP contribution < -0.4 is 4.74 Å². The predicted octanol–water partition coefficient (Wildman–Crippen LogP) is 3.99. The second-order valence-corrected chi connectivity index (χ2v) is 9.35. The minimum absolute atomic E-state index is 0.135. The highest BCUT2D eigenvalue weighted by Gasteiger charge is 2.24. The van der Waals surface area contributed by atoms with E-state index in [9.17, 15) is 4.79 Å². The minimum Gasteiger partial charge on any atom is -0.497 e. The zero-order valence-electron chi connectivity index (χ0n) is 17.9. The van der Waals surface area contributed by atoms with Crippen molar-refractivity contribution in [1.29, 1.82) is 0 Å². The van der Waals surface area contributed by atoms with E-state index < -0.39 is 0 Å². The van der Waals surface area contributed by atoms with Gasteiger partial charge in [0.05, 0.1) is 7.11 Å². The Hall–Kier alpha value is -1.11. The van der Waals surface area contributed by atoms with E-state index in [0.717, 1.165) is 49.9 Å². The fourth-order valence-corrected chi connectivity index (χ4v) is 5.02. The molecule has 29 heavy (non-hydrogen) atoms. The number of amides is 1. The van der Waals surface area contributed by atoms with Crippen LogP contribution in [0.15, 0.2) is 22.7 Å². The van der Waals surface area contributed by atoms with Crippen molar-refractivity contribution in [2.75, 3.05) is 53.6 Å². The summed E-state index contributed by atoms with van der Waals surface area (Å²) < 4.78 is 11.5. The molecule has 0 spiro atoms. The molecule has 2 aliphatic heterocycles. The summed E-state index contributed by atoms with van der Waals surface area (Å²) in [6.07, 6.45) is 7.20. The lowest BCUT2D eigenvalue weighted by Gasteiger charge is -2.35. The molecule has 0 aliphatic carbocycles. The van der Waals surface area contributed by atoms with Gasteiger partial charge in [0.2, 0.25) is 5.91 Å². The Morgan fingerprint density at radius 3 is 2.41 bits per heavy atom. The van der Waals surface area contributed by atoms with E-state index in [-0.39, 0.29) is 12.5 Å². The van der Waals surface area contributed by atoms with E-state index in [0.29, 0.717) is 0 Å². The number of benzene rings is 1. The molecule has 2 heterocycles. The van der Waals surface area contributed by atoms with Crippen LogP contribution in [0.1, 0.15) is 37.7 Å². The first-order valence-electron chi connectivity index (χ1n) is 10.9. The minimum atomic E-state index is 0.135. The van der Waals surface area contributed by atoms with E-state index in [4.69, 9.17) is 9.47 Å². The molecule has 0 radical (unpaired) electrons. The van der Waals surface area contributed by atoms with Crippen LogP contribution in [0.5, 0.6) is 5.75 Å². The van der Waals surface area contributed by atoms with Crippen molar-refractivity contribution in [1.82, 2.24) is 9.80 Å². The number of hydrogen-bond acceptors (Lipinski definition) is 4. The molecule has 6 heteroatoms. The monoisotopic (exact) mass is 466 g/mol. The van der Waals surface area contributed by atoms with Crippen molar-refractivity contribution >= 4 is 21.8 Å². The summed E-state index contributed by atoms with van der Waals surface area (Å²) >= 11 is 3.69. The van der Waals surface area contributed by atoms with Gasteiger partial charge in [-0.2, -0.15) is 0 Å². The maximum atomic E-state index is 11.9. The number of carbonyl (C=O) groups excluding carboxylic acids is 1. The lowest BCUT2D eigenvalue weighted by atomic mass is 9.89. The Morgan fingerprint density at radius 1 is 1.07 bits per heavy atom. The highest BCUT2D eigenvalue weighted by Crippen LogP contribution is 2.29. The molecule has 1 amide bonds. The van der Waals surface area contributed by atoms with Gasteiger partial charge in [-0.15, -0.1) is 0 Å². The number of ether oxygens (including phenoxy) is 2. The molecular formula is C23H35BrN2O3. The molecule has 2 aliphatic rings. The fraction of sp³-hybridized carbons (Fsp3) is 0.696. The van der Waals surface area contributed by atoms with Crippen molar-refractivity contribution in [3.63, 3.8) is 0 Å². The van der Waals surface area contributed by atoms with Gasteiger partial charge in [0, 0.05) is 24.7 Å². The van der Waals surface area contributed by atoms with E-state index in [1.54, 1.807) is 14.2 Å². The maximum absolute atomic E-state index is 11.9. The summed E-state index contributed by atoms with van der Waals surface area (Å²) in [5.41, 5.74) is 1.36. The van der Waals surface area contributed by atoms with Crippen LogP contribution in [0, 0.1) is 11.8 Å². The average molecular weight is 467 g/mol. The summed E-state index contributed by atoms with van der Waals surface area (Å²) in [4.78, 5) is 16.5. The molecule has 0 N–H and O–H groups in total. The molecule has 0 bridgehead atoms. The van der Waals surface area contributed by atoms with Gasteiger partial charge in [0.1, 0.15) is 12.4 Å². The van der Waals surface area contributed by atoms with E-state index in [1.165, 1.54) is 48.9 Å². The molecule has 0 saturated carbocycles. The van der Waals surface area contributed by atoms with Crippen LogP contribution in [-0.4, -0.2) is 69.3 Å². The summed E-state index contributed by atoms with van der Waals surface area (Å²) in [5, 5.41) is 0. The Labute approximate surface area is 183 Å². The Bertz CT molecular complexity index is 654. The first kappa shape index (κ1) is 22.6. The molecule has 1 aromatic rings. The van der Waals surface area contributed by atoms with Crippen molar-refractivity contribution in [2.24, 2.45) is 11.8 Å². The van der Waals surface area contributed by atoms with Gasteiger partial charge in [-0.05, 0) is 93.8 Å². The third-order valence-corrected chi connectivity index (χ3v) is 7.33. The zero-order valence-corrected chi connectivity index (χ0v) is 19.5. The summed E-state index contributed by atoms with van der Waals surface area (Å²) in [5.74, 6) is 2.59. The first-order valence-corrected chi connectivity index (χ1v) is 11.7. The first-order chi connectivity index (χ1) is 14.1. The molecule has 5 nitrogen and oxygen atoms in total. The number of rotatable bonds is 8. The van der Waals surface area contributed by atoms with Crippen molar-refractivity contribution in [2.45, 2.75) is 38.5 Å². The lowest BCUT2D eigenvalue weighted by molar-refractivity contribution is -0.136. The van der Waals surface area contributed by atoms with Gasteiger partial charge in [0.15, 0.2) is 0 Å². The van der Waals surface area contributed by atoms with Crippen LogP contribution in [-0.2, 0) is 16.0 Å². The number of hydrogen-bond donors (Lipinski definition) is 0. The van der Waals surface area contributed by atoms with Gasteiger partial charge in [0.25, 0.3) is 0 Å². The van der Waals surface area contributed by atoms with Crippen LogP contribution in [0.25, 0.3) is 0 Å². The summed E-state index contributed by atoms with van der Waals surface area (Å²) in [7, 11) is 3.32. The van der Waals surface area contributed by atoms with E-state index in [2.05, 4.69) is 33.0 Å². The Balaban J connectivity index is 1.35.